The highest BCUT2D eigenvalue weighted by Crippen LogP contribution is 2.49. The van der Waals surface area contributed by atoms with Crippen LogP contribution in [0.2, 0.25) is 0 Å². The fourth-order valence-corrected chi connectivity index (χ4v) is 6.33. The van der Waals surface area contributed by atoms with E-state index in [1.54, 1.807) is 34.6 Å². The number of aliphatic hydroxyl groups is 1. The van der Waals surface area contributed by atoms with Crippen LogP contribution in [0.4, 0.5) is 16.2 Å². The second kappa shape index (κ2) is 13.3. The third kappa shape index (κ3) is 8.08. The number of alkyl halides is 2. The zero-order valence-electron chi connectivity index (χ0n) is 23.9. The quantitative estimate of drug-likeness (QED) is 0.112. The van der Waals surface area contributed by atoms with Gasteiger partial charge in [-0.25, -0.2) is 19.0 Å². The van der Waals surface area contributed by atoms with E-state index in [0.29, 0.717) is 0 Å². The maximum atomic E-state index is 15.7. The molecule has 1 saturated heterocycles. The van der Waals surface area contributed by atoms with Gasteiger partial charge in [0.1, 0.15) is 23.8 Å². The molecule has 6 N–H and O–H groups in total. The first-order valence-electron chi connectivity index (χ1n) is 12.9. The lowest BCUT2D eigenvalue weighted by molar-refractivity contribution is -0.149. The summed E-state index contributed by atoms with van der Waals surface area (Å²) < 4.78 is 52.2. The van der Waals surface area contributed by atoms with Gasteiger partial charge in [-0.15, -0.1) is 0 Å². The number of hydrogen-bond acceptors (Lipinski definition) is 14. The summed E-state index contributed by atoms with van der Waals surface area (Å²) in [4.78, 5) is 36.4. The summed E-state index contributed by atoms with van der Waals surface area (Å²) in [5, 5.41) is 10.1. The average molecular weight is 656 g/mol. The molecular weight excluding hydrogens is 620 g/mol. The molecular formula is C23H36ClFN7O8PS. The molecule has 15 nitrogen and oxygen atoms in total. The minimum atomic E-state index is -4.33. The number of nitrogens with two attached hydrogens (primary N) is 2. The van der Waals surface area contributed by atoms with E-state index in [2.05, 4.69) is 20.0 Å². The van der Waals surface area contributed by atoms with Gasteiger partial charge in [-0.05, 0) is 20.8 Å². The Bertz CT molecular complexity index is 1340. The Morgan fingerprint density at radius 1 is 1.31 bits per heavy atom. The van der Waals surface area contributed by atoms with Gasteiger partial charge in [-0.1, -0.05) is 44.1 Å². The maximum Gasteiger partial charge on any atom is 0.406 e. The number of aromatic nitrogens is 4. The molecule has 2 aromatic heterocycles. The summed E-state index contributed by atoms with van der Waals surface area (Å²) in [6.45, 7) is 9.03. The van der Waals surface area contributed by atoms with E-state index in [0.717, 1.165) is 22.7 Å². The van der Waals surface area contributed by atoms with Gasteiger partial charge in [0.05, 0.1) is 25.6 Å². The number of aliphatic hydroxyl groups excluding tert-OH is 1. The fraction of sp³-hybridized carbons (Fsp3) is 0.696. The Kier molecular flexibility index (Phi) is 10.9. The van der Waals surface area contributed by atoms with Gasteiger partial charge < -0.3 is 26.0 Å². The van der Waals surface area contributed by atoms with Crippen LogP contribution in [0.25, 0.3) is 11.2 Å². The Morgan fingerprint density at radius 3 is 2.60 bits per heavy atom. The largest absolute Gasteiger partial charge is 0.462 e. The normalized spacial score (nSPS) is 25.0. The lowest BCUT2D eigenvalue weighted by Gasteiger charge is -2.25. The number of anilines is 2. The summed E-state index contributed by atoms with van der Waals surface area (Å²) in [7, 11) is -4.33. The SMILES string of the molecule is CC(C)OC(=O)[C@H](C)NP(=O)(OCCSC(=O)C(C)(C)C)OC[C@H]1O[C@@H](n2cnc3c(N)nc(N)nc32)[C@](F)(Cl)[C@@H]1O. The number of nitrogen functional groups attached to an aromatic ring is 2. The van der Waals surface area contributed by atoms with E-state index in [-0.39, 0.29) is 40.4 Å². The zero-order chi connectivity index (χ0) is 31.6. The summed E-state index contributed by atoms with van der Waals surface area (Å²) in [6, 6.07) is -1.15. The van der Waals surface area contributed by atoms with Crippen LogP contribution in [0.1, 0.15) is 47.8 Å². The first-order chi connectivity index (χ1) is 19.4. The fourth-order valence-electron chi connectivity index (χ4n) is 3.65. The van der Waals surface area contributed by atoms with Gasteiger partial charge in [0, 0.05) is 11.2 Å². The maximum absolute atomic E-state index is 15.7. The Hall–Kier alpha value is -2.11. The molecule has 19 heteroatoms. The minimum Gasteiger partial charge on any atom is -0.462 e. The van der Waals surface area contributed by atoms with Crippen molar-refractivity contribution in [1.82, 2.24) is 24.6 Å². The molecule has 1 unspecified atom stereocenters. The third-order valence-corrected chi connectivity index (χ3v) is 9.12. The number of hydrogen-bond donors (Lipinski definition) is 4. The molecule has 2 aromatic rings. The molecule has 42 heavy (non-hydrogen) atoms. The predicted octanol–water partition coefficient (Wildman–Crippen LogP) is 2.53. The van der Waals surface area contributed by atoms with Gasteiger partial charge in [-0.3, -0.25) is 23.2 Å². The van der Waals surface area contributed by atoms with Gasteiger partial charge in [0.15, 0.2) is 22.8 Å². The molecule has 0 bridgehead atoms. The number of nitrogens with one attached hydrogen (secondary N) is 1. The second-order valence-electron chi connectivity index (χ2n) is 10.8. The first kappa shape index (κ1) is 34.4. The van der Waals surface area contributed by atoms with Crippen LogP contribution in [0.15, 0.2) is 6.33 Å². The molecule has 0 aromatic carbocycles. The zero-order valence-corrected chi connectivity index (χ0v) is 26.4. The number of halogens is 2. The number of carbonyl (C=O) groups excluding carboxylic acids is 2. The molecule has 236 valence electrons. The molecule has 3 rings (SSSR count). The molecule has 1 aliphatic heterocycles. The highest BCUT2D eigenvalue weighted by Gasteiger charge is 2.58. The molecule has 0 spiro atoms. The van der Waals surface area contributed by atoms with E-state index in [4.69, 9.17) is 41.6 Å². The number of nitrogens with zero attached hydrogens (tertiary/aromatic N) is 4. The topological polar surface area (TPSA) is 216 Å². The molecule has 0 radical (unpaired) electrons. The summed E-state index contributed by atoms with van der Waals surface area (Å²) in [5.74, 6) is -0.887. The Labute approximate surface area is 251 Å². The van der Waals surface area contributed by atoms with Crippen LogP contribution in [0.3, 0.4) is 0 Å². The number of rotatable bonds is 12. The smallest absolute Gasteiger partial charge is 0.406 e. The Morgan fingerprint density at radius 2 is 1.98 bits per heavy atom. The van der Waals surface area contributed by atoms with E-state index in [9.17, 15) is 19.3 Å². The summed E-state index contributed by atoms with van der Waals surface area (Å²) in [6.07, 6.45) is -4.46. The number of ether oxygens (including phenoxy) is 2. The first-order valence-corrected chi connectivity index (χ1v) is 15.8. The van der Waals surface area contributed by atoms with E-state index in [1.807, 2.05) is 0 Å². The highest BCUT2D eigenvalue weighted by atomic mass is 35.5. The van der Waals surface area contributed by atoms with Crippen molar-refractivity contribution in [2.75, 3.05) is 30.4 Å². The van der Waals surface area contributed by atoms with Gasteiger partial charge in [0.25, 0.3) is 5.13 Å². The van der Waals surface area contributed by atoms with Gasteiger partial charge >= 0.3 is 13.7 Å². The number of fused-ring (bicyclic) bond motifs is 1. The van der Waals surface area contributed by atoms with Crippen molar-refractivity contribution in [3.8, 4) is 0 Å². The summed E-state index contributed by atoms with van der Waals surface area (Å²) >= 11 is 7.05. The van der Waals surface area contributed by atoms with Crippen molar-refractivity contribution >= 4 is 65.1 Å². The third-order valence-electron chi connectivity index (χ3n) is 5.75. The molecule has 0 amide bonds. The summed E-state index contributed by atoms with van der Waals surface area (Å²) in [5.41, 5.74) is 11.0. The standard InChI is InChI=1S/C23H36ClFN7O8PS/c1-11(2)39-18(34)12(3)31-41(36,37-7-8-42-20(35)22(4,5)6)38-9-13-15(33)23(24,25)19(40-13)32-10-28-14-16(26)29-21(27)30-17(14)32/h10-13,15,19,33H,7-9H2,1-6H3,(H,31,36)(H4,26,27,29,30)/t12-,13+,15+,19+,23-,41?/m0/s1. The van der Waals surface area contributed by atoms with E-state index < -0.39 is 61.4 Å². The average Bonchev–Trinajstić information content (AvgIpc) is 3.37. The van der Waals surface area contributed by atoms with Gasteiger partial charge in [0.2, 0.25) is 5.95 Å². The van der Waals surface area contributed by atoms with Crippen LogP contribution in [0, 0.1) is 5.41 Å². The molecule has 6 atom stereocenters. The number of carbonyl (C=O) groups is 2. The van der Waals surface area contributed by atoms with Crippen LogP contribution in [-0.2, 0) is 32.7 Å². The van der Waals surface area contributed by atoms with Crippen LogP contribution in [0.5, 0.6) is 0 Å². The number of esters is 1. The second-order valence-corrected chi connectivity index (χ2v) is 14.2. The van der Waals surface area contributed by atoms with Crippen molar-refractivity contribution in [2.24, 2.45) is 5.41 Å². The lowest BCUT2D eigenvalue weighted by Crippen LogP contribution is -2.39. The van der Waals surface area contributed by atoms with Crippen molar-refractivity contribution < 1.29 is 42.2 Å². The lowest BCUT2D eigenvalue weighted by atomic mass is 10.00. The Balaban J connectivity index is 1.76. The van der Waals surface area contributed by atoms with E-state index in [1.165, 1.54) is 6.92 Å². The van der Waals surface area contributed by atoms with Crippen molar-refractivity contribution in [3.05, 3.63) is 6.33 Å². The number of thioether (sulfide) groups is 1. The van der Waals surface area contributed by atoms with Crippen molar-refractivity contribution in [3.63, 3.8) is 0 Å². The predicted molar refractivity (Wildman–Crippen MR) is 154 cm³/mol. The minimum absolute atomic E-state index is 0.00286. The molecule has 1 aliphatic rings. The van der Waals surface area contributed by atoms with Crippen LogP contribution in [-0.4, -0.2) is 84.2 Å². The number of imidazole rings is 1. The molecule has 1 fully saturated rings. The van der Waals surface area contributed by atoms with E-state index >= 15 is 4.39 Å². The van der Waals surface area contributed by atoms with Crippen molar-refractivity contribution in [1.29, 1.82) is 0 Å². The van der Waals surface area contributed by atoms with Gasteiger partial charge in [-0.2, -0.15) is 9.97 Å². The van der Waals surface area contributed by atoms with Crippen LogP contribution < -0.4 is 16.6 Å². The van der Waals surface area contributed by atoms with Crippen molar-refractivity contribution in [2.45, 2.75) is 77.3 Å². The molecule has 3 heterocycles. The molecule has 0 aliphatic carbocycles. The molecule has 0 saturated carbocycles. The van der Waals surface area contributed by atoms with Crippen LogP contribution >= 0.6 is 31.1 Å². The highest BCUT2D eigenvalue weighted by molar-refractivity contribution is 8.13. The monoisotopic (exact) mass is 655 g/mol.